The lowest BCUT2D eigenvalue weighted by atomic mass is 10.2. The fourth-order valence-electron chi connectivity index (χ4n) is 1.80. The van der Waals surface area contributed by atoms with E-state index in [1.807, 2.05) is 24.3 Å². The normalized spacial score (nSPS) is 10.8. The van der Waals surface area contributed by atoms with Crippen molar-refractivity contribution in [3.63, 3.8) is 0 Å². The number of benzene rings is 1. The van der Waals surface area contributed by atoms with Gasteiger partial charge in [-0.1, -0.05) is 29.8 Å². The van der Waals surface area contributed by atoms with E-state index in [4.69, 9.17) is 11.6 Å². The van der Waals surface area contributed by atoms with Crippen LogP contribution in [0.25, 0.3) is 0 Å². The highest BCUT2D eigenvalue weighted by Crippen LogP contribution is 2.22. The van der Waals surface area contributed by atoms with Gasteiger partial charge in [0.05, 0.1) is 0 Å². The molecule has 0 aliphatic rings. The molecule has 1 aromatic carbocycles. The van der Waals surface area contributed by atoms with Gasteiger partial charge in [0.15, 0.2) is 0 Å². The van der Waals surface area contributed by atoms with Gasteiger partial charge in [-0.3, -0.25) is 13.9 Å². The smallest absolute Gasteiger partial charge is 0.300 e. The second-order valence-electron chi connectivity index (χ2n) is 4.46. The van der Waals surface area contributed by atoms with E-state index in [2.05, 4.69) is 0 Å². The summed E-state index contributed by atoms with van der Waals surface area (Å²) < 4.78 is 2.60. The maximum Gasteiger partial charge on any atom is 0.330 e. The molecule has 0 unspecified atom stereocenters. The van der Waals surface area contributed by atoms with Crippen molar-refractivity contribution in [1.29, 1.82) is 0 Å². The summed E-state index contributed by atoms with van der Waals surface area (Å²) in [4.78, 5) is 23.4. The summed E-state index contributed by atoms with van der Waals surface area (Å²) in [5.41, 5.74) is 1.19. The lowest BCUT2D eigenvalue weighted by Crippen LogP contribution is -2.37. The maximum absolute atomic E-state index is 11.8. The highest BCUT2D eigenvalue weighted by Gasteiger charge is 2.06. The molecule has 2 aromatic rings. The largest absolute Gasteiger partial charge is 0.330 e. The summed E-state index contributed by atoms with van der Waals surface area (Å²) in [5.74, 6) is 1.33. The highest BCUT2D eigenvalue weighted by atomic mass is 35.5. The molecule has 0 bridgehead atoms. The van der Waals surface area contributed by atoms with Crippen molar-refractivity contribution in [1.82, 2.24) is 9.13 Å². The summed E-state index contributed by atoms with van der Waals surface area (Å²) in [6.07, 6.45) is 0. The van der Waals surface area contributed by atoms with Gasteiger partial charge in [-0.05, 0) is 11.6 Å². The summed E-state index contributed by atoms with van der Waals surface area (Å²) in [5, 5.41) is 0.734. The molecule has 0 spiro atoms. The third kappa shape index (κ3) is 3.16. The average molecular weight is 311 g/mol. The van der Waals surface area contributed by atoms with E-state index in [-0.39, 0.29) is 11.2 Å². The second-order valence-corrected chi connectivity index (χ2v) is 5.85. The van der Waals surface area contributed by atoms with Gasteiger partial charge < -0.3 is 0 Å². The zero-order valence-electron chi connectivity index (χ0n) is 11.3. The van der Waals surface area contributed by atoms with Crippen molar-refractivity contribution in [2.45, 2.75) is 11.5 Å². The number of thioether (sulfide) groups is 1. The molecule has 4 nitrogen and oxygen atoms in total. The first kappa shape index (κ1) is 14.9. The van der Waals surface area contributed by atoms with Gasteiger partial charge in [0.25, 0.3) is 5.56 Å². The molecule has 0 N–H and O–H groups in total. The molecule has 106 valence electrons. The Hall–Kier alpha value is -1.46. The number of nitrogens with zero attached hydrogens (tertiary/aromatic N) is 2. The predicted octanol–water partition coefficient (Wildman–Crippen LogP) is 2.17. The van der Waals surface area contributed by atoms with Crippen molar-refractivity contribution in [2.24, 2.45) is 14.1 Å². The first-order valence-electron chi connectivity index (χ1n) is 6.08. The maximum atomic E-state index is 11.8. The van der Waals surface area contributed by atoms with Crippen LogP contribution in [0.1, 0.15) is 11.3 Å². The molecule has 2 rings (SSSR count). The van der Waals surface area contributed by atoms with Crippen LogP contribution in [0.4, 0.5) is 0 Å². The van der Waals surface area contributed by atoms with Crippen molar-refractivity contribution in [3.05, 3.63) is 67.4 Å². The summed E-state index contributed by atoms with van der Waals surface area (Å²) >= 11 is 7.71. The van der Waals surface area contributed by atoms with E-state index in [1.54, 1.807) is 18.8 Å². The van der Waals surface area contributed by atoms with Crippen LogP contribution in [-0.2, 0) is 25.6 Å². The van der Waals surface area contributed by atoms with Gasteiger partial charge in [0, 0.05) is 42.4 Å². The van der Waals surface area contributed by atoms with Crippen LogP contribution in [-0.4, -0.2) is 9.13 Å². The number of hydrogen-bond donors (Lipinski definition) is 0. The molecule has 0 fully saturated rings. The van der Waals surface area contributed by atoms with Crippen LogP contribution in [0.5, 0.6) is 0 Å². The number of rotatable bonds is 4. The van der Waals surface area contributed by atoms with E-state index in [1.165, 1.54) is 17.7 Å². The highest BCUT2D eigenvalue weighted by molar-refractivity contribution is 7.97. The Balaban J connectivity index is 2.11. The lowest BCUT2D eigenvalue weighted by Gasteiger charge is -2.09. The molecule has 0 atom stereocenters. The molecular weight excluding hydrogens is 296 g/mol. The van der Waals surface area contributed by atoms with Crippen LogP contribution < -0.4 is 11.2 Å². The van der Waals surface area contributed by atoms with E-state index < -0.39 is 0 Å². The van der Waals surface area contributed by atoms with Crippen molar-refractivity contribution < 1.29 is 0 Å². The lowest BCUT2D eigenvalue weighted by molar-refractivity contribution is 0.665. The van der Waals surface area contributed by atoms with Crippen LogP contribution >= 0.6 is 23.4 Å². The number of hydrogen-bond acceptors (Lipinski definition) is 3. The van der Waals surface area contributed by atoms with Gasteiger partial charge in [-0.25, -0.2) is 4.79 Å². The van der Waals surface area contributed by atoms with Crippen molar-refractivity contribution in [3.8, 4) is 0 Å². The molecule has 1 heterocycles. The topological polar surface area (TPSA) is 44.0 Å². The number of aromatic nitrogens is 2. The third-order valence-electron chi connectivity index (χ3n) is 3.09. The minimum Gasteiger partial charge on any atom is -0.300 e. The quantitative estimate of drug-likeness (QED) is 0.869. The fourth-order valence-corrected chi connectivity index (χ4v) is 3.14. The van der Waals surface area contributed by atoms with E-state index >= 15 is 0 Å². The zero-order valence-corrected chi connectivity index (χ0v) is 12.9. The SMILES string of the molecule is Cn1c(CSCc2ccccc2Cl)cc(=O)n(C)c1=O. The number of halogens is 1. The third-order valence-corrected chi connectivity index (χ3v) is 4.47. The first-order chi connectivity index (χ1) is 9.50. The Bertz CT molecular complexity index is 737. The summed E-state index contributed by atoms with van der Waals surface area (Å²) in [6.45, 7) is 0. The van der Waals surface area contributed by atoms with Gasteiger partial charge in [-0.2, -0.15) is 11.8 Å². The molecule has 0 aliphatic carbocycles. The van der Waals surface area contributed by atoms with Crippen molar-refractivity contribution in [2.75, 3.05) is 0 Å². The monoisotopic (exact) mass is 310 g/mol. The minimum atomic E-state index is -0.300. The van der Waals surface area contributed by atoms with E-state index in [0.717, 1.165) is 26.6 Å². The van der Waals surface area contributed by atoms with E-state index in [0.29, 0.717) is 5.75 Å². The van der Waals surface area contributed by atoms with Gasteiger partial charge in [0.2, 0.25) is 0 Å². The Morgan fingerprint density at radius 2 is 1.80 bits per heavy atom. The van der Waals surface area contributed by atoms with Gasteiger partial charge in [-0.15, -0.1) is 0 Å². The molecule has 0 aliphatic heterocycles. The minimum absolute atomic E-state index is 0.276. The van der Waals surface area contributed by atoms with Gasteiger partial charge in [0.1, 0.15) is 0 Å². The molecule has 0 saturated carbocycles. The molecule has 0 saturated heterocycles. The molecule has 20 heavy (non-hydrogen) atoms. The Morgan fingerprint density at radius 1 is 1.10 bits per heavy atom. The molecule has 0 amide bonds. The van der Waals surface area contributed by atoms with Crippen molar-refractivity contribution >= 4 is 23.4 Å². The van der Waals surface area contributed by atoms with Crippen LogP contribution in [0.15, 0.2) is 39.9 Å². The molecule has 6 heteroatoms. The summed E-state index contributed by atoms with van der Waals surface area (Å²) in [7, 11) is 3.15. The van der Waals surface area contributed by atoms with E-state index in [9.17, 15) is 9.59 Å². The van der Waals surface area contributed by atoms with Crippen LogP contribution in [0.3, 0.4) is 0 Å². The Labute approximate surface area is 126 Å². The summed E-state index contributed by atoms with van der Waals surface area (Å²) in [6, 6.07) is 9.15. The molecule has 0 radical (unpaired) electrons. The van der Waals surface area contributed by atoms with Crippen LogP contribution in [0, 0.1) is 0 Å². The molecule has 1 aromatic heterocycles. The standard InChI is InChI=1S/C14H15ClN2O2S/c1-16-11(7-13(18)17(2)14(16)19)9-20-8-10-5-3-4-6-12(10)15/h3-7H,8-9H2,1-2H3. The average Bonchev–Trinajstić information content (AvgIpc) is 2.44. The zero-order chi connectivity index (χ0) is 14.7. The first-order valence-corrected chi connectivity index (χ1v) is 7.61. The second kappa shape index (κ2) is 6.33. The fraction of sp³-hybridized carbons (Fsp3) is 0.286. The van der Waals surface area contributed by atoms with Crippen LogP contribution in [0.2, 0.25) is 5.02 Å². The molecular formula is C14H15ClN2O2S. The Kier molecular flexibility index (Phi) is 4.73. The predicted molar refractivity (Wildman–Crippen MR) is 83.4 cm³/mol. The van der Waals surface area contributed by atoms with Gasteiger partial charge >= 0.3 is 5.69 Å². The Morgan fingerprint density at radius 3 is 2.50 bits per heavy atom.